The van der Waals surface area contributed by atoms with E-state index in [2.05, 4.69) is 12.2 Å². The van der Waals surface area contributed by atoms with Crippen LogP contribution in [0.15, 0.2) is 0 Å². The molecule has 104 valence electrons. The van der Waals surface area contributed by atoms with E-state index >= 15 is 0 Å². The van der Waals surface area contributed by atoms with Gasteiger partial charge in [-0.25, -0.2) is 0 Å². The third-order valence-electron chi connectivity index (χ3n) is 2.74. The van der Waals surface area contributed by atoms with Crippen LogP contribution in [0, 0.1) is 0 Å². The fourth-order valence-electron chi connectivity index (χ4n) is 1.78. The Hall–Kier alpha value is -0.290. The number of nitrogens with zero attached hydrogens (tertiary/aromatic N) is 1. The van der Waals surface area contributed by atoms with Gasteiger partial charge in [0.25, 0.3) is 0 Å². The molecule has 0 saturated heterocycles. The molecule has 5 heteroatoms. The maximum atomic E-state index is 12.4. The molecule has 1 atom stereocenters. The molecule has 0 rings (SSSR count). The van der Waals surface area contributed by atoms with Crippen LogP contribution >= 0.6 is 0 Å². The first kappa shape index (κ1) is 16.7. The summed E-state index contributed by atoms with van der Waals surface area (Å²) in [5, 5.41) is 3.20. The van der Waals surface area contributed by atoms with Gasteiger partial charge in [-0.05, 0) is 33.7 Å². The Labute approximate surface area is 103 Å². The minimum atomic E-state index is -4.12. The Morgan fingerprint density at radius 3 is 2.18 bits per heavy atom. The first-order valence-corrected chi connectivity index (χ1v) is 6.31. The maximum Gasteiger partial charge on any atom is 0.401 e. The van der Waals surface area contributed by atoms with E-state index in [1.54, 1.807) is 13.8 Å². The van der Waals surface area contributed by atoms with Gasteiger partial charge in [0.05, 0.1) is 6.54 Å². The molecule has 0 saturated carbocycles. The smallest absolute Gasteiger partial charge is 0.315 e. The molecular weight excluding hydrogens is 229 g/mol. The van der Waals surface area contributed by atoms with Gasteiger partial charge in [0.1, 0.15) is 0 Å². The van der Waals surface area contributed by atoms with Crippen LogP contribution in [0.4, 0.5) is 13.2 Å². The zero-order valence-corrected chi connectivity index (χ0v) is 11.3. The van der Waals surface area contributed by atoms with Crippen molar-refractivity contribution >= 4 is 0 Å². The lowest BCUT2D eigenvalue weighted by Gasteiger charge is -2.33. The Bertz CT molecular complexity index is 193. The molecule has 0 aromatic rings. The highest BCUT2D eigenvalue weighted by Gasteiger charge is 2.33. The topological polar surface area (TPSA) is 15.3 Å². The van der Waals surface area contributed by atoms with Crippen molar-refractivity contribution < 1.29 is 13.2 Å². The zero-order valence-electron chi connectivity index (χ0n) is 11.3. The fraction of sp³-hybridized carbons (Fsp3) is 1.00. The molecule has 0 fully saturated rings. The standard InChI is InChI=1S/C12H25F3N2/c1-5-6-7-16-8-11(4)17(10(2)3)9-12(13,14)15/h10-11,16H,5-9H2,1-4H3. The van der Waals surface area contributed by atoms with Crippen molar-refractivity contribution in [3.8, 4) is 0 Å². The second kappa shape index (κ2) is 7.93. The van der Waals surface area contributed by atoms with Crippen LogP contribution in [0.2, 0.25) is 0 Å². The summed E-state index contributed by atoms with van der Waals surface area (Å²) in [4.78, 5) is 1.49. The number of nitrogens with one attached hydrogen (secondary N) is 1. The lowest BCUT2D eigenvalue weighted by Crippen LogP contribution is -2.48. The largest absolute Gasteiger partial charge is 0.401 e. The summed E-state index contributed by atoms with van der Waals surface area (Å²) in [7, 11) is 0. The Kier molecular flexibility index (Phi) is 7.79. The summed E-state index contributed by atoms with van der Waals surface area (Å²) in [6, 6.07) is -0.201. The number of rotatable bonds is 8. The minimum absolute atomic E-state index is 0.0976. The van der Waals surface area contributed by atoms with E-state index in [0.29, 0.717) is 6.54 Å². The summed E-state index contributed by atoms with van der Waals surface area (Å²) in [5.74, 6) is 0. The van der Waals surface area contributed by atoms with Crippen molar-refractivity contribution in [3.05, 3.63) is 0 Å². The Morgan fingerprint density at radius 2 is 1.76 bits per heavy atom. The quantitative estimate of drug-likeness (QED) is 0.670. The molecule has 0 bridgehead atoms. The second-order valence-corrected chi connectivity index (χ2v) is 4.79. The van der Waals surface area contributed by atoms with Crippen molar-refractivity contribution in [2.24, 2.45) is 0 Å². The minimum Gasteiger partial charge on any atom is -0.315 e. The normalized spacial score (nSPS) is 14.6. The third-order valence-corrected chi connectivity index (χ3v) is 2.74. The molecule has 0 aromatic heterocycles. The van der Waals surface area contributed by atoms with Crippen molar-refractivity contribution in [1.82, 2.24) is 10.2 Å². The first-order valence-electron chi connectivity index (χ1n) is 6.31. The molecule has 0 spiro atoms. The monoisotopic (exact) mass is 254 g/mol. The highest BCUT2D eigenvalue weighted by molar-refractivity contribution is 4.75. The average Bonchev–Trinajstić information content (AvgIpc) is 2.19. The van der Waals surface area contributed by atoms with Gasteiger partial charge < -0.3 is 5.32 Å². The Balaban J connectivity index is 4.11. The predicted octanol–water partition coefficient (Wildman–Crippen LogP) is 3.04. The third kappa shape index (κ3) is 8.44. The van der Waals surface area contributed by atoms with Gasteiger partial charge in [0, 0.05) is 18.6 Å². The summed E-state index contributed by atoms with van der Waals surface area (Å²) in [6.45, 7) is 8.18. The summed E-state index contributed by atoms with van der Waals surface area (Å²) in [5.41, 5.74) is 0. The second-order valence-electron chi connectivity index (χ2n) is 4.79. The van der Waals surface area contributed by atoms with Gasteiger partial charge in [-0.3, -0.25) is 4.90 Å². The van der Waals surface area contributed by atoms with E-state index in [0.717, 1.165) is 19.4 Å². The number of unbranched alkanes of at least 4 members (excludes halogenated alkanes) is 1. The van der Waals surface area contributed by atoms with E-state index < -0.39 is 12.7 Å². The van der Waals surface area contributed by atoms with Crippen molar-refractivity contribution in [2.45, 2.75) is 58.8 Å². The molecule has 0 radical (unpaired) electrons. The van der Waals surface area contributed by atoms with Crippen LogP contribution in [0.5, 0.6) is 0 Å². The molecule has 0 aliphatic rings. The molecule has 0 aliphatic carbocycles. The molecule has 1 N–H and O–H groups in total. The fourth-order valence-corrected chi connectivity index (χ4v) is 1.78. The molecular formula is C12H25F3N2. The summed E-state index contributed by atoms with van der Waals surface area (Å²) >= 11 is 0. The van der Waals surface area contributed by atoms with E-state index in [1.807, 2.05) is 6.92 Å². The highest BCUT2D eigenvalue weighted by atomic mass is 19.4. The predicted molar refractivity (Wildman–Crippen MR) is 65.1 cm³/mol. The van der Waals surface area contributed by atoms with E-state index in [9.17, 15) is 13.2 Å². The Morgan fingerprint density at radius 1 is 1.18 bits per heavy atom. The van der Waals surface area contributed by atoms with E-state index in [-0.39, 0.29) is 12.1 Å². The van der Waals surface area contributed by atoms with Crippen LogP contribution in [-0.4, -0.2) is 42.8 Å². The van der Waals surface area contributed by atoms with Gasteiger partial charge in [0.2, 0.25) is 0 Å². The lowest BCUT2D eigenvalue weighted by atomic mass is 10.2. The van der Waals surface area contributed by atoms with Gasteiger partial charge in [-0.2, -0.15) is 13.2 Å². The van der Waals surface area contributed by atoms with E-state index in [4.69, 9.17) is 0 Å². The molecule has 2 nitrogen and oxygen atoms in total. The zero-order chi connectivity index (χ0) is 13.5. The van der Waals surface area contributed by atoms with Crippen LogP contribution in [-0.2, 0) is 0 Å². The van der Waals surface area contributed by atoms with Crippen LogP contribution in [0.1, 0.15) is 40.5 Å². The lowest BCUT2D eigenvalue weighted by molar-refractivity contribution is -0.154. The number of hydrogen-bond donors (Lipinski definition) is 1. The van der Waals surface area contributed by atoms with Gasteiger partial charge >= 0.3 is 6.18 Å². The molecule has 0 aliphatic heterocycles. The number of alkyl halides is 3. The van der Waals surface area contributed by atoms with Crippen molar-refractivity contribution in [3.63, 3.8) is 0 Å². The van der Waals surface area contributed by atoms with Crippen molar-refractivity contribution in [2.75, 3.05) is 19.6 Å². The van der Waals surface area contributed by atoms with Crippen LogP contribution < -0.4 is 5.32 Å². The maximum absolute atomic E-state index is 12.4. The molecule has 0 heterocycles. The molecule has 0 amide bonds. The number of hydrogen-bond acceptors (Lipinski definition) is 2. The number of halogens is 3. The van der Waals surface area contributed by atoms with Crippen LogP contribution in [0.25, 0.3) is 0 Å². The first-order chi connectivity index (χ1) is 7.78. The van der Waals surface area contributed by atoms with Gasteiger partial charge in [0.15, 0.2) is 0 Å². The van der Waals surface area contributed by atoms with Gasteiger partial charge in [-0.15, -0.1) is 0 Å². The summed E-state index contributed by atoms with van der Waals surface area (Å²) in [6.07, 6.45) is -1.96. The van der Waals surface area contributed by atoms with Crippen molar-refractivity contribution in [1.29, 1.82) is 0 Å². The molecule has 1 unspecified atom stereocenters. The highest BCUT2D eigenvalue weighted by Crippen LogP contribution is 2.19. The van der Waals surface area contributed by atoms with E-state index in [1.165, 1.54) is 4.90 Å². The summed E-state index contributed by atoms with van der Waals surface area (Å²) < 4.78 is 37.2. The molecule has 17 heavy (non-hydrogen) atoms. The SMILES string of the molecule is CCCCNCC(C)N(CC(F)(F)F)C(C)C. The molecule has 0 aromatic carbocycles. The average molecular weight is 254 g/mol. The van der Waals surface area contributed by atoms with Crippen LogP contribution in [0.3, 0.4) is 0 Å². The van der Waals surface area contributed by atoms with Gasteiger partial charge in [-0.1, -0.05) is 13.3 Å².